The zero-order chi connectivity index (χ0) is 20.3. The van der Waals surface area contributed by atoms with Crippen molar-refractivity contribution in [3.63, 3.8) is 0 Å². The zero-order valence-corrected chi connectivity index (χ0v) is 15.4. The van der Waals surface area contributed by atoms with Gasteiger partial charge in [-0.25, -0.2) is 13.6 Å². The second-order valence-corrected chi connectivity index (χ2v) is 6.07. The maximum absolute atomic E-state index is 13.7. The molecule has 1 aliphatic heterocycles. The predicted molar refractivity (Wildman–Crippen MR) is 98.8 cm³/mol. The topological polar surface area (TPSA) is 71.1 Å². The van der Waals surface area contributed by atoms with Gasteiger partial charge in [-0.1, -0.05) is 0 Å². The summed E-state index contributed by atoms with van der Waals surface area (Å²) < 4.78 is 37.0. The van der Waals surface area contributed by atoms with Crippen LogP contribution in [0.1, 0.15) is 0 Å². The van der Waals surface area contributed by atoms with Gasteiger partial charge in [-0.05, 0) is 24.3 Å². The number of carbonyl (C=O) groups excluding carboxylic acids is 2. The van der Waals surface area contributed by atoms with Crippen molar-refractivity contribution in [2.24, 2.45) is 0 Å². The number of hydrogen-bond acceptors (Lipinski definition) is 4. The molecule has 0 aliphatic carbocycles. The Balaban J connectivity index is 1.66. The van der Waals surface area contributed by atoms with Gasteiger partial charge in [0.25, 0.3) is 0 Å². The first-order valence-corrected chi connectivity index (χ1v) is 8.46. The normalized spacial score (nSPS) is 13.6. The summed E-state index contributed by atoms with van der Waals surface area (Å²) >= 11 is 0. The predicted octanol–water partition coefficient (Wildman–Crippen LogP) is 2.86. The van der Waals surface area contributed by atoms with Crippen LogP contribution in [0.25, 0.3) is 0 Å². The van der Waals surface area contributed by atoms with Crippen LogP contribution in [0, 0.1) is 11.6 Å². The number of methoxy groups -OCH3 is 2. The van der Waals surface area contributed by atoms with Crippen molar-refractivity contribution in [1.82, 2.24) is 4.90 Å². The van der Waals surface area contributed by atoms with E-state index < -0.39 is 17.5 Å². The second kappa shape index (κ2) is 8.12. The lowest BCUT2D eigenvalue weighted by Gasteiger charge is -2.19. The molecule has 1 heterocycles. The number of anilines is 2. The van der Waals surface area contributed by atoms with Crippen molar-refractivity contribution in [1.29, 1.82) is 0 Å². The van der Waals surface area contributed by atoms with Gasteiger partial charge in [-0.3, -0.25) is 9.69 Å². The van der Waals surface area contributed by atoms with Crippen LogP contribution in [0.2, 0.25) is 0 Å². The Labute approximate surface area is 160 Å². The van der Waals surface area contributed by atoms with Crippen LogP contribution in [-0.4, -0.2) is 50.7 Å². The molecule has 0 saturated carbocycles. The first kappa shape index (κ1) is 19.4. The Morgan fingerprint density at radius 1 is 1.07 bits per heavy atom. The SMILES string of the molecule is COc1ccc(N2CCN(CC(=O)Nc3ccc(F)cc3F)C2=O)cc1OC. The molecule has 1 fully saturated rings. The Hall–Kier alpha value is -3.36. The number of urea groups is 1. The number of ether oxygens (including phenoxy) is 2. The van der Waals surface area contributed by atoms with E-state index in [2.05, 4.69) is 5.32 Å². The highest BCUT2D eigenvalue weighted by atomic mass is 19.1. The number of nitrogens with zero attached hydrogens (tertiary/aromatic N) is 2. The average molecular weight is 391 g/mol. The third-order valence-corrected chi connectivity index (χ3v) is 4.31. The Morgan fingerprint density at radius 2 is 1.82 bits per heavy atom. The van der Waals surface area contributed by atoms with Gasteiger partial charge >= 0.3 is 6.03 Å². The van der Waals surface area contributed by atoms with Crippen LogP contribution in [0.5, 0.6) is 11.5 Å². The van der Waals surface area contributed by atoms with E-state index in [1.54, 1.807) is 18.2 Å². The molecule has 2 aromatic carbocycles. The molecule has 1 N–H and O–H groups in total. The van der Waals surface area contributed by atoms with Crippen LogP contribution < -0.4 is 19.7 Å². The summed E-state index contributed by atoms with van der Waals surface area (Å²) in [6, 6.07) is 7.57. The number of carbonyl (C=O) groups is 2. The van der Waals surface area contributed by atoms with E-state index in [1.807, 2.05) is 0 Å². The fourth-order valence-electron chi connectivity index (χ4n) is 2.92. The van der Waals surface area contributed by atoms with Crippen molar-refractivity contribution < 1.29 is 27.8 Å². The van der Waals surface area contributed by atoms with E-state index in [4.69, 9.17) is 9.47 Å². The summed E-state index contributed by atoms with van der Waals surface area (Å²) in [5.41, 5.74) is 0.463. The van der Waals surface area contributed by atoms with Gasteiger partial charge in [-0.15, -0.1) is 0 Å². The molecular weight excluding hydrogens is 372 g/mol. The number of hydrogen-bond donors (Lipinski definition) is 1. The van der Waals surface area contributed by atoms with Gasteiger partial charge in [0, 0.05) is 30.9 Å². The lowest BCUT2D eigenvalue weighted by atomic mass is 10.2. The summed E-state index contributed by atoms with van der Waals surface area (Å²) in [5.74, 6) is -1.18. The molecule has 28 heavy (non-hydrogen) atoms. The van der Waals surface area contributed by atoms with Gasteiger partial charge in [0.05, 0.1) is 19.9 Å². The summed E-state index contributed by atoms with van der Waals surface area (Å²) in [7, 11) is 3.02. The fraction of sp³-hybridized carbons (Fsp3) is 0.263. The molecule has 148 valence electrons. The molecular formula is C19H19F2N3O4. The van der Waals surface area contributed by atoms with E-state index >= 15 is 0 Å². The lowest BCUT2D eigenvalue weighted by molar-refractivity contribution is -0.116. The smallest absolute Gasteiger partial charge is 0.325 e. The van der Waals surface area contributed by atoms with Crippen LogP contribution >= 0.6 is 0 Å². The molecule has 1 aliphatic rings. The average Bonchev–Trinajstić information content (AvgIpc) is 3.03. The number of amides is 3. The maximum Gasteiger partial charge on any atom is 0.325 e. The van der Waals surface area contributed by atoms with Crippen LogP contribution in [0.4, 0.5) is 25.0 Å². The Bertz CT molecular complexity index is 907. The summed E-state index contributed by atoms with van der Waals surface area (Å²) in [4.78, 5) is 27.6. The molecule has 2 aromatic rings. The highest BCUT2D eigenvalue weighted by molar-refractivity contribution is 5.99. The largest absolute Gasteiger partial charge is 0.493 e. The van der Waals surface area contributed by atoms with Crippen LogP contribution in [0.15, 0.2) is 36.4 Å². The van der Waals surface area contributed by atoms with Gasteiger partial charge in [0.1, 0.15) is 18.2 Å². The quantitative estimate of drug-likeness (QED) is 0.822. The van der Waals surface area contributed by atoms with E-state index in [-0.39, 0.29) is 18.3 Å². The highest BCUT2D eigenvalue weighted by Gasteiger charge is 2.31. The molecule has 0 spiro atoms. The molecule has 0 aromatic heterocycles. The first-order chi connectivity index (χ1) is 13.4. The minimum Gasteiger partial charge on any atom is -0.493 e. The third kappa shape index (κ3) is 3.98. The first-order valence-electron chi connectivity index (χ1n) is 8.46. The van der Waals surface area contributed by atoms with Crippen molar-refractivity contribution >= 4 is 23.3 Å². The van der Waals surface area contributed by atoms with Gasteiger partial charge < -0.3 is 19.7 Å². The van der Waals surface area contributed by atoms with E-state index in [9.17, 15) is 18.4 Å². The molecule has 3 amide bonds. The van der Waals surface area contributed by atoms with Crippen molar-refractivity contribution in [2.45, 2.75) is 0 Å². The molecule has 0 bridgehead atoms. The minimum absolute atomic E-state index is 0.144. The van der Waals surface area contributed by atoms with Gasteiger partial charge in [0.15, 0.2) is 11.5 Å². The second-order valence-electron chi connectivity index (χ2n) is 6.07. The molecule has 0 atom stereocenters. The number of rotatable bonds is 6. The molecule has 7 nitrogen and oxygen atoms in total. The Morgan fingerprint density at radius 3 is 2.50 bits per heavy atom. The molecule has 9 heteroatoms. The van der Waals surface area contributed by atoms with E-state index in [0.29, 0.717) is 36.3 Å². The summed E-state index contributed by atoms with van der Waals surface area (Å²) in [5, 5.41) is 2.34. The molecule has 0 radical (unpaired) electrons. The standard InChI is InChI=1S/C19H19F2N3O4/c1-27-16-6-4-13(10-17(16)28-2)24-8-7-23(19(24)26)11-18(25)22-15-5-3-12(20)9-14(15)21/h3-6,9-10H,7-8,11H2,1-2H3,(H,22,25). The van der Waals surface area contributed by atoms with Gasteiger partial charge in [0.2, 0.25) is 5.91 Å². The van der Waals surface area contributed by atoms with E-state index in [0.717, 1.165) is 12.1 Å². The van der Waals surface area contributed by atoms with Crippen molar-refractivity contribution in [2.75, 3.05) is 44.1 Å². The summed E-state index contributed by atoms with van der Waals surface area (Å²) in [6.45, 7) is 0.457. The van der Waals surface area contributed by atoms with Crippen molar-refractivity contribution in [3.8, 4) is 11.5 Å². The number of halogens is 2. The molecule has 3 rings (SSSR count). The van der Waals surface area contributed by atoms with E-state index in [1.165, 1.54) is 24.0 Å². The monoisotopic (exact) mass is 391 g/mol. The van der Waals surface area contributed by atoms with Crippen LogP contribution in [-0.2, 0) is 4.79 Å². The minimum atomic E-state index is -0.881. The third-order valence-electron chi connectivity index (χ3n) is 4.31. The summed E-state index contributed by atoms with van der Waals surface area (Å²) in [6.07, 6.45) is 0. The fourth-order valence-corrected chi connectivity index (χ4v) is 2.92. The van der Waals surface area contributed by atoms with Gasteiger partial charge in [-0.2, -0.15) is 0 Å². The van der Waals surface area contributed by atoms with Crippen molar-refractivity contribution in [3.05, 3.63) is 48.0 Å². The number of benzene rings is 2. The van der Waals surface area contributed by atoms with Crippen LogP contribution in [0.3, 0.4) is 0 Å². The Kier molecular flexibility index (Phi) is 5.62. The molecule has 1 saturated heterocycles. The number of nitrogens with one attached hydrogen (secondary N) is 1. The highest BCUT2D eigenvalue weighted by Crippen LogP contribution is 2.32. The molecule has 0 unspecified atom stereocenters. The lowest BCUT2D eigenvalue weighted by Crippen LogP contribution is -2.37. The maximum atomic E-state index is 13.7. The zero-order valence-electron chi connectivity index (χ0n) is 15.4.